The average Bonchev–Trinajstić information content (AvgIpc) is 2.44. The molecule has 0 aromatic heterocycles. The fourth-order valence-corrected chi connectivity index (χ4v) is 2.66. The SMILES string of the molecule is CCC1CCC(O)(CNC(=O)C(C)(CC)CN)CC1. The van der Waals surface area contributed by atoms with Gasteiger partial charge in [0.2, 0.25) is 5.91 Å². The van der Waals surface area contributed by atoms with Crippen LogP contribution in [0, 0.1) is 11.3 Å². The van der Waals surface area contributed by atoms with Crippen LogP contribution >= 0.6 is 0 Å². The van der Waals surface area contributed by atoms with Gasteiger partial charge in [0, 0.05) is 13.1 Å². The zero-order chi connectivity index (χ0) is 14.5. The average molecular weight is 270 g/mol. The Hall–Kier alpha value is -0.610. The van der Waals surface area contributed by atoms with Crippen LogP contribution in [0.5, 0.6) is 0 Å². The van der Waals surface area contributed by atoms with E-state index in [9.17, 15) is 9.90 Å². The van der Waals surface area contributed by atoms with Crippen molar-refractivity contribution in [1.29, 1.82) is 0 Å². The van der Waals surface area contributed by atoms with Crippen molar-refractivity contribution in [3.63, 3.8) is 0 Å². The Morgan fingerprint density at radius 1 is 1.42 bits per heavy atom. The van der Waals surface area contributed by atoms with Gasteiger partial charge in [0.15, 0.2) is 0 Å². The van der Waals surface area contributed by atoms with Gasteiger partial charge in [-0.2, -0.15) is 0 Å². The lowest BCUT2D eigenvalue weighted by Gasteiger charge is -2.37. The molecule has 1 atom stereocenters. The van der Waals surface area contributed by atoms with E-state index in [1.165, 1.54) is 6.42 Å². The van der Waals surface area contributed by atoms with Crippen molar-refractivity contribution in [1.82, 2.24) is 5.32 Å². The second-order valence-corrected chi connectivity index (χ2v) is 6.38. The summed E-state index contributed by atoms with van der Waals surface area (Å²) in [5.74, 6) is 0.699. The number of aliphatic hydroxyl groups is 1. The molecule has 1 rings (SSSR count). The number of hydrogen-bond donors (Lipinski definition) is 3. The lowest BCUT2D eigenvalue weighted by molar-refractivity contribution is -0.131. The van der Waals surface area contributed by atoms with Gasteiger partial charge in [0.1, 0.15) is 0 Å². The largest absolute Gasteiger partial charge is 0.388 e. The van der Waals surface area contributed by atoms with Crippen LogP contribution in [0.2, 0.25) is 0 Å². The summed E-state index contributed by atoms with van der Waals surface area (Å²) in [7, 11) is 0. The summed E-state index contributed by atoms with van der Waals surface area (Å²) < 4.78 is 0. The Bertz CT molecular complexity index is 293. The summed E-state index contributed by atoms with van der Waals surface area (Å²) in [6.45, 7) is 6.74. The first-order valence-electron chi connectivity index (χ1n) is 7.60. The molecule has 0 saturated heterocycles. The van der Waals surface area contributed by atoms with Crippen LogP contribution < -0.4 is 11.1 Å². The van der Waals surface area contributed by atoms with Gasteiger partial charge in [-0.3, -0.25) is 4.79 Å². The summed E-state index contributed by atoms with van der Waals surface area (Å²) in [6.07, 6.45) is 5.60. The van der Waals surface area contributed by atoms with Gasteiger partial charge in [-0.15, -0.1) is 0 Å². The topological polar surface area (TPSA) is 75.3 Å². The number of carbonyl (C=O) groups excluding carboxylic acids is 1. The van der Waals surface area contributed by atoms with Crippen LogP contribution in [0.1, 0.15) is 59.3 Å². The standard InChI is InChI=1S/C15H30N2O2/c1-4-12-6-8-15(19,9-7-12)11-17-13(18)14(3,5-2)10-16/h12,19H,4-11,16H2,1-3H3,(H,17,18). The maximum Gasteiger partial charge on any atom is 0.227 e. The first-order chi connectivity index (χ1) is 8.89. The molecular weight excluding hydrogens is 240 g/mol. The van der Waals surface area contributed by atoms with E-state index in [1.807, 2.05) is 13.8 Å². The smallest absolute Gasteiger partial charge is 0.227 e. The van der Waals surface area contributed by atoms with Crippen molar-refractivity contribution in [3.05, 3.63) is 0 Å². The Morgan fingerprint density at radius 3 is 2.42 bits per heavy atom. The van der Waals surface area contributed by atoms with E-state index < -0.39 is 11.0 Å². The highest BCUT2D eigenvalue weighted by Crippen LogP contribution is 2.33. The third-order valence-electron chi connectivity index (χ3n) is 4.97. The molecule has 1 aliphatic carbocycles. The van der Waals surface area contributed by atoms with Crippen LogP contribution in [-0.4, -0.2) is 29.7 Å². The summed E-state index contributed by atoms with van der Waals surface area (Å²) >= 11 is 0. The zero-order valence-electron chi connectivity index (χ0n) is 12.7. The van der Waals surface area contributed by atoms with E-state index in [-0.39, 0.29) is 5.91 Å². The number of nitrogens with two attached hydrogens (primary N) is 1. The minimum atomic E-state index is -0.718. The maximum atomic E-state index is 12.1. The van der Waals surface area contributed by atoms with Gasteiger partial charge in [0.25, 0.3) is 0 Å². The highest BCUT2D eigenvalue weighted by atomic mass is 16.3. The molecule has 4 nitrogen and oxygen atoms in total. The molecule has 4 heteroatoms. The van der Waals surface area contributed by atoms with E-state index >= 15 is 0 Å². The molecule has 0 heterocycles. The lowest BCUT2D eigenvalue weighted by Crippen LogP contribution is -2.50. The summed E-state index contributed by atoms with van der Waals surface area (Å²) in [5, 5.41) is 13.4. The monoisotopic (exact) mass is 270 g/mol. The molecule has 0 spiro atoms. The molecule has 1 aliphatic rings. The quantitative estimate of drug-likeness (QED) is 0.689. The summed E-state index contributed by atoms with van der Waals surface area (Å²) in [4.78, 5) is 12.1. The Balaban J connectivity index is 2.46. The van der Waals surface area contributed by atoms with Gasteiger partial charge in [-0.1, -0.05) is 20.3 Å². The van der Waals surface area contributed by atoms with Crippen LogP contribution in [0.25, 0.3) is 0 Å². The van der Waals surface area contributed by atoms with Gasteiger partial charge in [0.05, 0.1) is 11.0 Å². The van der Waals surface area contributed by atoms with Crippen LogP contribution in [0.4, 0.5) is 0 Å². The van der Waals surface area contributed by atoms with E-state index in [1.54, 1.807) is 0 Å². The summed E-state index contributed by atoms with van der Waals surface area (Å²) in [6, 6.07) is 0. The van der Waals surface area contributed by atoms with Gasteiger partial charge >= 0.3 is 0 Å². The minimum absolute atomic E-state index is 0.0384. The Kier molecular flexibility index (Phi) is 5.81. The fraction of sp³-hybridized carbons (Fsp3) is 0.933. The van der Waals surface area contributed by atoms with Crippen LogP contribution in [0.15, 0.2) is 0 Å². The van der Waals surface area contributed by atoms with Crippen molar-refractivity contribution < 1.29 is 9.90 Å². The molecule has 4 N–H and O–H groups in total. The second kappa shape index (κ2) is 6.71. The number of hydrogen-bond acceptors (Lipinski definition) is 3. The molecular formula is C15H30N2O2. The third-order valence-corrected chi connectivity index (χ3v) is 4.97. The van der Waals surface area contributed by atoms with Crippen LogP contribution in [0.3, 0.4) is 0 Å². The molecule has 0 aromatic carbocycles. The molecule has 0 bridgehead atoms. The lowest BCUT2D eigenvalue weighted by atomic mass is 9.77. The minimum Gasteiger partial charge on any atom is -0.388 e. The van der Waals surface area contributed by atoms with E-state index in [4.69, 9.17) is 5.73 Å². The van der Waals surface area contributed by atoms with Crippen LogP contribution in [-0.2, 0) is 4.79 Å². The highest BCUT2D eigenvalue weighted by molar-refractivity contribution is 5.82. The predicted molar refractivity (Wildman–Crippen MR) is 77.7 cm³/mol. The molecule has 0 radical (unpaired) electrons. The first-order valence-corrected chi connectivity index (χ1v) is 7.60. The Labute approximate surface area is 117 Å². The molecule has 1 amide bonds. The summed E-state index contributed by atoms with van der Waals surface area (Å²) in [5.41, 5.74) is 4.44. The van der Waals surface area contributed by atoms with E-state index in [0.29, 0.717) is 19.5 Å². The highest BCUT2D eigenvalue weighted by Gasteiger charge is 2.35. The second-order valence-electron chi connectivity index (χ2n) is 6.38. The molecule has 1 fully saturated rings. The molecule has 1 saturated carbocycles. The van der Waals surface area contributed by atoms with Crippen molar-refractivity contribution in [2.24, 2.45) is 17.1 Å². The molecule has 112 valence electrons. The normalized spacial score (nSPS) is 30.7. The van der Waals surface area contributed by atoms with Gasteiger partial charge in [-0.25, -0.2) is 0 Å². The number of amides is 1. The first kappa shape index (κ1) is 16.4. The molecule has 0 aliphatic heterocycles. The Morgan fingerprint density at radius 2 is 2.00 bits per heavy atom. The number of carbonyl (C=O) groups is 1. The predicted octanol–water partition coefficient (Wildman–Crippen LogP) is 1.81. The van der Waals surface area contributed by atoms with E-state index in [2.05, 4.69) is 12.2 Å². The molecule has 19 heavy (non-hydrogen) atoms. The van der Waals surface area contributed by atoms with Gasteiger partial charge in [-0.05, 0) is 44.9 Å². The maximum absolute atomic E-state index is 12.1. The molecule has 0 aromatic rings. The van der Waals surface area contributed by atoms with E-state index in [0.717, 1.165) is 31.6 Å². The number of rotatable bonds is 6. The third kappa shape index (κ3) is 4.18. The van der Waals surface area contributed by atoms with Crippen molar-refractivity contribution in [2.45, 2.75) is 64.9 Å². The number of nitrogens with one attached hydrogen (secondary N) is 1. The zero-order valence-corrected chi connectivity index (χ0v) is 12.7. The van der Waals surface area contributed by atoms with Crippen molar-refractivity contribution in [2.75, 3.05) is 13.1 Å². The van der Waals surface area contributed by atoms with Crippen molar-refractivity contribution in [3.8, 4) is 0 Å². The molecule has 1 unspecified atom stereocenters. The van der Waals surface area contributed by atoms with Crippen molar-refractivity contribution >= 4 is 5.91 Å². The fourth-order valence-electron chi connectivity index (χ4n) is 2.66. The van der Waals surface area contributed by atoms with Gasteiger partial charge < -0.3 is 16.2 Å².